The van der Waals surface area contributed by atoms with Gasteiger partial charge in [0, 0.05) is 4.90 Å². The lowest BCUT2D eigenvalue weighted by Gasteiger charge is -2.13. The molecule has 0 fully saturated rings. The van der Waals surface area contributed by atoms with Crippen LogP contribution in [0.4, 0.5) is 5.69 Å². The fourth-order valence-corrected chi connectivity index (χ4v) is 2.92. The fraction of sp³-hybridized carbons (Fsp3) is 0.235. The van der Waals surface area contributed by atoms with E-state index in [0.717, 1.165) is 15.5 Å². The number of benzene rings is 1. The average Bonchev–Trinajstić information content (AvgIpc) is 3.26. The Morgan fingerprint density at radius 3 is 2.84 bits per heavy atom. The van der Waals surface area contributed by atoms with Gasteiger partial charge in [-0.05, 0) is 30.5 Å². The van der Waals surface area contributed by atoms with Crippen molar-refractivity contribution in [1.29, 1.82) is 0 Å². The third-order valence-electron chi connectivity index (χ3n) is 3.50. The van der Waals surface area contributed by atoms with Crippen LogP contribution in [0.3, 0.4) is 0 Å². The number of rotatable bonds is 7. The van der Waals surface area contributed by atoms with Gasteiger partial charge in [0.1, 0.15) is 0 Å². The first-order valence-corrected chi connectivity index (χ1v) is 8.98. The maximum Gasteiger partial charge on any atom is 0.283 e. The molecule has 2 heterocycles. The summed E-state index contributed by atoms with van der Waals surface area (Å²) in [5, 5.41) is 10.9. The van der Waals surface area contributed by atoms with Crippen LogP contribution in [0.5, 0.6) is 0 Å². The van der Waals surface area contributed by atoms with E-state index in [1.165, 1.54) is 0 Å². The number of hydrogen-bond donors (Lipinski definition) is 2. The molecule has 0 saturated heterocycles. The van der Waals surface area contributed by atoms with Gasteiger partial charge in [0.25, 0.3) is 17.7 Å². The minimum Gasteiger partial charge on any atom is -0.459 e. The van der Waals surface area contributed by atoms with Crippen molar-refractivity contribution < 1.29 is 18.5 Å². The number of para-hydroxylation sites is 1. The lowest BCUT2D eigenvalue weighted by molar-refractivity contribution is -0.886. The van der Waals surface area contributed by atoms with Crippen molar-refractivity contribution in [2.75, 3.05) is 25.2 Å². The van der Waals surface area contributed by atoms with Gasteiger partial charge in [0.2, 0.25) is 0 Å². The number of quaternary nitrogens is 1. The maximum atomic E-state index is 12.3. The Morgan fingerprint density at radius 2 is 2.08 bits per heavy atom. The summed E-state index contributed by atoms with van der Waals surface area (Å²) in [7, 11) is 1.90. The molecule has 7 nitrogen and oxygen atoms in total. The molecule has 0 bridgehead atoms. The number of hydrogen-bond acceptors (Lipinski definition) is 6. The predicted octanol–water partition coefficient (Wildman–Crippen LogP) is 1.70. The number of nitrogens with zero attached hydrogens (tertiary/aromatic N) is 2. The van der Waals surface area contributed by atoms with E-state index in [2.05, 4.69) is 15.5 Å². The van der Waals surface area contributed by atoms with E-state index in [9.17, 15) is 4.79 Å². The van der Waals surface area contributed by atoms with Crippen molar-refractivity contribution in [2.24, 2.45) is 0 Å². The zero-order chi connectivity index (χ0) is 17.6. The van der Waals surface area contributed by atoms with E-state index in [1.807, 2.05) is 37.6 Å². The van der Waals surface area contributed by atoms with Crippen LogP contribution in [0.1, 0.15) is 5.89 Å². The van der Waals surface area contributed by atoms with Gasteiger partial charge in [0.05, 0.1) is 19.0 Å². The molecule has 2 aromatic heterocycles. The summed E-state index contributed by atoms with van der Waals surface area (Å²) in [5.74, 6) is 1.26. The van der Waals surface area contributed by atoms with E-state index in [0.29, 0.717) is 30.6 Å². The Balaban J connectivity index is 1.55. The maximum absolute atomic E-state index is 12.3. The topological polar surface area (TPSA) is 85.6 Å². The summed E-state index contributed by atoms with van der Waals surface area (Å²) in [6.07, 6.45) is 3.53. The molecule has 1 aromatic carbocycles. The molecule has 2 N–H and O–H groups in total. The van der Waals surface area contributed by atoms with Crippen molar-refractivity contribution in [3.05, 3.63) is 48.6 Å². The number of thioether (sulfide) groups is 1. The summed E-state index contributed by atoms with van der Waals surface area (Å²) >= 11 is 1.60. The lowest BCUT2D eigenvalue weighted by atomic mass is 10.3. The smallest absolute Gasteiger partial charge is 0.283 e. The number of amides is 1. The first-order valence-electron chi connectivity index (χ1n) is 7.76. The van der Waals surface area contributed by atoms with Crippen molar-refractivity contribution in [2.45, 2.75) is 11.4 Å². The number of carbonyl (C=O) groups excluding carboxylic acids is 1. The van der Waals surface area contributed by atoms with Crippen LogP contribution in [-0.4, -0.2) is 36.0 Å². The van der Waals surface area contributed by atoms with Gasteiger partial charge in [-0.2, -0.15) is 0 Å². The summed E-state index contributed by atoms with van der Waals surface area (Å²) in [5.41, 5.74) is 0.825. The van der Waals surface area contributed by atoms with E-state index in [-0.39, 0.29) is 5.91 Å². The highest BCUT2D eigenvalue weighted by molar-refractivity contribution is 7.98. The average molecular weight is 359 g/mol. The van der Waals surface area contributed by atoms with Gasteiger partial charge in [-0.25, -0.2) is 0 Å². The van der Waals surface area contributed by atoms with Gasteiger partial charge in [-0.3, -0.25) is 4.79 Å². The van der Waals surface area contributed by atoms with Crippen LogP contribution in [0.25, 0.3) is 11.7 Å². The van der Waals surface area contributed by atoms with Crippen LogP contribution < -0.4 is 10.2 Å². The first-order chi connectivity index (χ1) is 12.2. The number of likely N-dealkylation sites (N-methyl/N-ethyl adjacent to an activating group) is 1. The van der Waals surface area contributed by atoms with Crippen LogP contribution in [-0.2, 0) is 11.3 Å². The van der Waals surface area contributed by atoms with Crippen LogP contribution in [0.15, 0.2) is 56.4 Å². The van der Waals surface area contributed by atoms with Crippen molar-refractivity contribution in [3.63, 3.8) is 0 Å². The number of anilines is 1. The third-order valence-corrected chi connectivity index (χ3v) is 4.29. The van der Waals surface area contributed by atoms with Gasteiger partial charge in [0.15, 0.2) is 18.8 Å². The monoisotopic (exact) mass is 359 g/mol. The standard InChI is InChI=1S/C17H18N4O3S/c1-21(10-15(22)18-12-6-3-4-8-14(12)25-2)11-16-19-20-17(24-16)13-7-5-9-23-13/h3-9H,10-11H2,1-2H3,(H,18,22)/p+1. The van der Waals surface area contributed by atoms with Crippen molar-refractivity contribution in [1.82, 2.24) is 10.2 Å². The Bertz CT molecular complexity index is 832. The molecule has 1 amide bonds. The van der Waals surface area contributed by atoms with Gasteiger partial charge in [-0.1, -0.05) is 12.1 Å². The molecule has 0 radical (unpaired) electrons. The van der Waals surface area contributed by atoms with Gasteiger partial charge < -0.3 is 19.1 Å². The summed E-state index contributed by atoms with van der Waals surface area (Å²) < 4.78 is 10.8. The normalized spacial score (nSPS) is 12.1. The molecule has 8 heteroatoms. The van der Waals surface area contributed by atoms with Gasteiger partial charge >= 0.3 is 0 Å². The zero-order valence-electron chi connectivity index (χ0n) is 14.0. The second-order valence-electron chi connectivity index (χ2n) is 5.54. The minimum absolute atomic E-state index is 0.0650. The van der Waals surface area contributed by atoms with Crippen LogP contribution in [0.2, 0.25) is 0 Å². The van der Waals surface area contributed by atoms with E-state index >= 15 is 0 Å². The number of furan rings is 1. The SMILES string of the molecule is CSc1ccccc1NC(=O)C[NH+](C)Cc1nnc(-c2ccco2)o1. The Morgan fingerprint density at radius 1 is 1.24 bits per heavy atom. The van der Waals surface area contributed by atoms with Crippen LogP contribution >= 0.6 is 11.8 Å². The molecule has 130 valence electrons. The molecular formula is C17H19N4O3S+. The van der Waals surface area contributed by atoms with E-state index in [1.54, 1.807) is 30.2 Å². The van der Waals surface area contributed by atoms with Crippen LogP contribution in [0, 0.1) is 0 Å². The highest BCUT2D eigenvalue weighted by Gasteiger charge is 2.17. The third kappa shape index (κ3) is 4.49. The zero-order valence-corrected chi connectivity index (χ0v) is 14.8. The van der Waals surface area contributed by atoms with E-state index in [4.69, 9.17) is 8.83 Å². The lowest BCUT2D eigenvalue weighted by Crippen LogP contribution is -3.08. The quantitative estimate of drug-likeness (QED) is 0.625. The van der Waals surface area contributed by atoms with Gasteiger partial charge in [-0.15, -0.1) is 22.0 Å². The molecule has 0 aliphatic carbocycles. The van der Waals surface area contributed by atoms with Crippen molar-refractivity contribution >= 4 is 23.4 Å². The molecule has 0 saturated carbocycles. The van der Waals surface area contributed by atoms with E-state index < -0.39 is 0 Å². The number of nitrogens with one attached hydrogen (secondary N) is 2. The second-order valence-corrected chi connectivity index (χ2v) is 6.39. The molecule has 25 heavy (non-hydrogen) atoms. The summed E-state index contributed by atoms with van der Waals surface area (Å²) in [6, 6.07) is 11.2. The predicted molar refractivity (Wildman–Crippen MR) is 94.3 cm³/mol. The Kier molecular flexibility index (Phi) is 5.52. The largest absolute Gasteiger partial charge is 0.459 e. The molecule has 0 spiro atoms. The second kappa shape index (κ2) is 8.00. The summed E-state index contributed by atoms with van der Waals surface area (Å²) in [6.45, 7) is 0.743. The fourth-order valence-electron chi connectivity index (χ4n) is 2.36. The molecule has 0 aliphatic rings. The molecule has 1 unspecified atom stereocenters. The molecule has 3 rings (SSSR count). The molecule has 3 aromatic rings. The highest BCUT2D eigenvalue weighted by Crippen LogP contribution is 2.24. The number of aromatic nitrogens is 2. The minimum atomic E-state index is -0.0650. The molecule has 1 atom stereocenters. The number of carbonyl (C=O) groups is 1. The Labute approximate surface area is 149 Å². The summed E-state index contributed by atoms with van der Waals surface area (Å²) in [4.78, 5) is 14.2. The molecular weight excluding hydrogens is 340 g/mol. The molecule has 0 aliphatic heterocycles. The van der Waals surface area contributed by atoms with Crippen molar-refractivity contribution in [3.8, 4) is 11.7 Å². The highest BCUT2D eigenvalue weighted by atomic mass is 32.2. The first kappa shape index (κ1) is 17.2. The Hall–Kier alpha value is -2.58.